The molecule has 0 unspecified atom stereocenters. The molecule has 3 heteroatoms. The Kier molecular flexibility index (Phi) is 1.95. The third-order valence-corrected chi connectivity index (χ3v) is 2.09. The summed E-state index contributed by atoms with van der Waals surface area (Å²) in [5, 5.41) is 0. The second-order valence-electron chi connectivity index (χ2n) is 4.35. The van der Waals surface area contributed by atoms with Gasteiger partial charge in [0.05, 0.1) is 5.69 Å². The minimum absolute atomic E-state index is 0.0265. The zero-order valence-electron chi connectivity index (χ0n) is 8.65. The maximum Gasteiger partial charge on any atom is 0.178 e. The average molecular weight is 187 g/mol. The molecule has 14 heavy (non-hydrogen) atoms. The molecule has 0 aliphatic carbocycles. The minimum Gasteiger partial charge on any atom is -0.251 e. The largest absolute Gasteiger partial charge is 0.251 e. The lowest BCUT2D eigenvalue weighted by molar-refractivity contribution is 0.568. The maximum absolute atomic E-state index is 4.47. The van der Waals surface area contributed by atoms with Crippen LogP contribution in [0.5, 0.6) is 0 Å². The molecular formula is C11H13N3. The van der Waals surface area contributed by atoms with E-state index in [-0.39, 0.29) is 5.41 Å². The van der Waals surface area contributed by atoms with Crippen molar-refractivity contribution in [2.24, 2.45) is 0 Å². The van der Waals surface area contributed by atoms with Crippen molar-refractivity contribution in [1.29, 1.82) is 0 Å². The lowest BCUT2D eigenvalue weighted by atomic mass is 9.93. The molecule has 0 N–H and O–H groups in total. The van der Waals surface area contributed by atoms with Crippen LogP contribution in [0.15, 0.2) is 24.5 Å². The Morgan fingerprint density at radius 3 is 2.64 bits per heavy atom. The quantitative estimate of drug-likeness (QED) is 0.635. The summed E-state index contributed by atoms with van der Waals surface area (Å²) >= 11 is 0. The third-order valence-electron chi connectivity index (χ3n) is 2.09. The Labute approximate surface area is 83.2 Å². The van der Waals surface area contributed by atoms with Gasteiger partial charge in [-0.2, -0.15) is 0 Å². The second kappa shape index (κ2) is 3.01. The second-order valence-corrected chi connectivity index (χ2v) is 4.35. The van der Waals surface area contributed by atoms with Crippen molar-refractivity contribution < 1.29 is 0 Å². The van der Waals surface area contributed by atoms with Crippen LogP contribution < -0.4 is 0 Å². The first-order chi connectivity index (χ1) is 6.57. The molecule has 2 aromatic heterocycles. The molecule has 0 atom stereocenters. The average Bonchev–Trinajstić information content (AvgIpc) is 2.16. The molecule has 2 heterocycles. The van der Waals surface area contributed by atoms with E-state index in [1.165, 1.54) is 0 Å². The smallest absolute Gasteiger partial charge is 0.178 e. The summed E-state index contributed by atoms with van der Waals surface area (Å²) in [7, 11) is 0. The number of hydrogen-bond acceptors (Lipinski definition) is 3. The van der Waals surface area contributed by atoms with Crippen molar-refractivity contribution in [2.45, 2.75) is 26.2 Å². The van der Waals surface area contributed by atoms with Gasteiger partial charge >= 0.3 is 0 Å². The molecule has 0 fully saturated rings. The van der Waals surface area contributed by atoms with Crippen LogP contribution in [0.1, 0.15) is 26.5 Å². The first kappa shape index (κ1) is 9.06. The Bertz CT molecular complexity index is 457. The van der Waals surface area contributed by atoms with Gasteiger partial charge in [-0.1, -0.05) is 20.8 Å². The van der Waals surface area contributed by atoms with Crippen LogP contribution in [0, 0.1) is 0 Å². The normalized spacial score (nSPS) is 11.9. The van der Waals surface area contributed by atoms with Crippen molar-refractivity contribution in [3.63, 3.8) is 0 Å². The fourth-order valence-corrected chi connectivity index (χ4v) is 1.21. The predicted molar refractivity (Wildman–Crippen MR) is 56.0 cm³/mol. The van der Waals surface area contributed by atoms with Crippen molar-refractivity contribution in [1.82, 2.24) is 15.0 Å². The molecule has 0 aliphatic rings. The van der Waals surface area contributed by atoms with Gasteiger partial charge in [0.25, 0.3) is 0 Å². The lowest BCUT2D eigenvalue weighted by Crippen LogP contribution is -2.14. The Morgan fingerprint density at radius 2 is 1.93 bits per heavy atom. The lowest BCUT2D eigenvalue weighted by Gasteiger charge is -2.16. The number of pyridine rings is 1. The molecule has 2 aromatic rings. The van der Waals surface area contributed by atoms with Crippen LogP contribution in [0.25, 0.3) is 11.2 Å². The number of nitrogens with zero attached hydrogens (tertiary/aromatic N) is 3. The first-order valence-electron chi connectivity index (χ1n) is 4.65. The van der Waals surface area contributed by atoms with E-state index >= 15 is 0 Å². The van der Waals surface area contributed by atoms with Crippen LogP contribution in [0.4, 0.5) is 0 Å². The van der Waals surface area contributed by atoms with E-state index in [9.17, 15) is 0 Å². The molecule has 0 radical (unpaired) electrons. The molecule has 2 rings (SSSR count). The highest BCUT2D eigenvalue weighted by Gasteiger charge is 2.16. The van der Waals surface area contributed by atoms with E-state index in [1.54, 1.807) is 6.20 Å². The van der Waals surface area contributed by atoms with Gasteiger partial charge in [0.1, 0.15) is 5.52 Å². The zero-order valence-corrected chi connectivity index (χ0v) is 8.65. The summed E-state index contributed by atoms with van der Waals surface area (Å²) < 4.78 is 0. The van der Waals surface area contributed by atoms with Gasteiger partial charge in [0, 0.05) is 17.8 Å². The minimum atomic E-state index is 0.0265. The van der Waals surface area contributed by atoms with E-state index in [4.69, 9.17) is 0 Å². The van der Waals surface area contributed by atoms with Crippen molar-refractivity contribution in [2.75, 3.05) is 0 Å². The van der Waals surface area contributed by atoms with E-state index in [2.05, 4.69) is 35.7 Å². The molecule has 0 saturated heterocycles. The maximum atomic E-state index is 4.47. The Hall–Kier alpha value is -1.51. The van der Waals surface area contributed by atoms with Crippen molar-refractivity contribution in [3.8, 4) is 0 Å². The summed E-state index contributed by atoms with van der Waals surface area (Å²) in [6.45, 7) is 6.35. The van der Waals surface area contributed by atoms with Gasteiger partial charge in [-0.05, 0) is 12.1 Å². The molecule has 0 spiro atoms. The van der Waals surface area contributed by atoms with E-state index in [1.807, 2.05) is 18.3 Å². The first-order valence-corrected chi connectivity index (χ1v) is 4.65. The van der Waals surface area contributed by atoms with Crippen LogP contribution in [0.2, 0.25) is 0 Å². The summed E-state index contributed by atoms with van der Waals surface area (Å²) in [6, 6.07) is 3.79. The molecule has 0 amide bonds. The molecule has 3 nitrogen and oxygen atoms in total. The van der Waals surface area contributed by atoms with E-state index < -0.39 is 0 Å². The number of fused-ring (bicyclic) bond motifs is 1. The van der Waals surface area contributed by atoms with Crippen molar-refractivity contribution in [3.05, 3.63) is 30.2 Å². The van der Waals surface area contributed by atoms with E-state index in [0.29, 0.717) is 0 Å². The monoisotopic (exact) mass is 187 g/mol. The van der Waals surface area contributed by atoms with Gasteiger partial charge in [-0.3, -0.25) is 4.98 Å². The molecule has 0 bridgehead atoms. The highest BCUT2D eigenvalue weighted by atomic mass is 14.9. The van der Waals surface area contributed by atoms with Crippen LogP contribution in [-0.2, 0) is 5.41 Å². The summed E-state index contributed by atoms with van der Waals surface area (Å²) in [6.07, 6.45) is 3.56. The van der Waals surface area contributed by atoms with Gasteiger partial charge in [-0.15, -0.1) is 0 Å². The van der Waals surface area contributed by atoms with Gasteiger partial charge < -0.3 is 0 Å². The van der Waals surface area contributed by atoms with Crippen LogP contribution in [0.3, 0.4) is 0 Å². The predicted octanol–water partition coefficient (Wildman–Crippen LogP) is 2.32. The Balaban J connectivity index is 2.63. The van der Waals surface area contributed by atoms with Gasteiger partial charge in [0.2, 0.25) is 0 Å². The van der Waals surface area contributed by atoms with Crippen LogP contribution >= 0.6 is 0 Å². The summed E-state index contributed by atoms with van der Waals surface area (Å²) in [5.74, 6) is 0. The highest BCUT2D eigenvalue weighted by molar-refractivity contribution is 5.68. The van der Waals surface area contributed by atoms with Crippen LogP contribution in [-0.4, -0.2) is 15.0 Å². The molecule has 0 aliphatic heterocycles. The fraction of sp³-hybridized carbons (Fsp3) is 0.364. The number of aromatic nitrogens is 3. The summed E-state index contributed by atoms with van der Waals surface area (Å²) in [4.78, 5) is 13.0. The topological polar surface area (TPSA) is 38.7 Å². The SMILES string of the molecule is CC(C)(C)c1cnc2cccnc2n1. The van der Waals surface area contributed by atoms with Gasteiger partial charge in [-0.25, -0.2) is 9.97 Å². The highest BCUT2D eigenvalue weighted by Crippen LogP contribution is 2.20. The number of hydrogen-bond donors (Lipinski definition) is 0. The standard InChI is InChI=1S/C11H13N3/c1-11(2,3)9-7-13-8-5-4-6-12-10(8)14-9/h4-7H,1-3H3. The summed E-state index contributed by atoms with van der Waals surface area (Å²) in [5.41, 5.74) is 2.57. The Morgan fingerprint density at radius 1 is 1.14 bits per heavy atom. The van der Waals surface area contributed by atoms with Gasteiger partial charge in [0.15, 0.2) is 5.65 Å². The molecule has 0 saturated carbocycles. The third kappa shape index (κ3) is 1.58. The zero-order chi connectivity index (χ0) is 10.2. The molecular weight excluding hydrogens is 174 g/mol. The molecule has 0 aromatic carbocycles. The van der Waals surface area contributed by atoms with E-state index in [0.717, 1.165) is 16.9 Å². The number of rotatable bonds is 0. The van der Waals surface area contributed by atoms with Crippen molar-refractivity contribution >= 4 is 11.2 Å². The molecule has 72 valence electrons. The fourth-order valence-electron chi connectivity index (χ4n) is 1.21.